The molecule has 0 unspecified atom stereocenters. The maximum Gasteiger partial charge on any atom is 0.261 e. The molecule has 0 spiro atoms. The molecule has 0 amide bonds. The molecule has 0 radical (unpaired) electrons. The lowest BCUT2D eigenvalue weighted by Crippen LogP contribution is -2.67. The highest BCUT2D eigenvalue weighted by atomic mass is 32.2. The molecule has 4 rings (SSSR count). The van der Waals surface area contributed by atoms with Crippen molar-refractivity contribution in [2.75, 3.05) is 0 Å². The summed E-state index contributed by atoms with van der Waals surface area (Å²) in [7, 11) is -2.68. The first-order valence-corrected chi connectivity index (χ1v) is 16.8. The van der Waals surface area contributed by atoms with Crippen molar-refractivity contribution in [3.8, 4) is 0 Å². The van der Waals surface area contributed by atoms with Crippen LogP contribution in [0, 0.1) is 0 Å². The fraction of sp³-hybridized carbons (Fsp3) is 0.412. The highest BCUT2D eigenvalue weighted by Crippen LogP contribution is 2.41. The van der Waals surface area contributed by atoms with E-state index in [0.29, 0.717) is 0 Å². The van der Waals surface area contributed by atoms with Crippen molar-refractivity contribution in [3.63, 3.8) is 0 Å². The minimum absolute atomic E-state index is 0.0268. The minimum Gasteiger partial charge on any atom is -0.401 e. The Morgan fingerprint density at radius 3 is 1.87 bits per heavy atom. The number of benzene rings is 3. The van der Waals surface area contributed by atoms with E-state index in [1.807, 2.05) is 19.9 Å². The van der Waals surface area contributed by atoms with Gasteiger partial charge in [-0.05, 0) is 68.1 Å². The van der Waals surface area contributed by atoms with Crippen LogP contribution in [0.4, 0.5) is 0 Å². The molecule has 1 saturated heterocycles. The van der Waals surface area contributed by atoms with Gasteiger partial charge in [0.15, 0.2) is 5.79 Å². The second-order valence-electron chi connectivity index (χ2n) is 12.1. The Balaban J connectivity index is 1.65. The van der Waals surface area contributed by atoms with Gasteiger partial charge in [-0.1, -0.05) is 123 Å². The van der Waals surface area contributed by atoms with E-state index >= 15 is 0 Å². The monoisotopic (exact) mass is 560 g/mol. The summed E-state index contributed by atoms with van der Waals surface area (Å²) in [5, 5.41) is 2.52. The molecule has 1 fully saturated rings. The average molecular weight is 561 g/mol. The third-order valence-electron chi connectivity index (χ3n) is 7.13. The lowest BCUT2D eigenvalue weighted by atomic mass is 10.1. The second kappa shape index (κ2) is 12.6. The molecule has 3 aromatic rings. The highest BCUT2D eigenvalue weighted by Gasteiger charge is 2.51. The smallest absolute Gasteiger partial charge is 0.261 e. The zero-order valence-electron chi connectivity index (χ0n) is 24.5. The molecular weight excluding hydrogens is 517 g/mol. The van der Waals surface area contributed by atoms with Crippen molar-refractivity contribution >= 4 is 30.5 Å². The Kier molecular flexibility index (Phi) is 9.61. The second-order valence-corrected chi connectivity index (χ2v) is 17.5. The Bertz CT molecular complexity index is 1160. The van der Waals surface area contributed by atoms with Gasteiger partial charge >= 0.3 is 0 Å². The number of allylic oxidation sites excluding steroid dienone is 1. The number of hydrogen-bond acceptors (Lipinski definition) is 4. The number of ether oxygens (including phenoxy) is 2. The van der Waals surface area contributed by atoms with Gasteiger partial charge in [-0.3, -0.25) is 0 Å². The predicted molar refractivity (Wildman–Crippen MR) is 167 cm³/mol. The fourth-order valence-electron chi connectivity index (χ4n) is 5.53. The van der Waals surface area contributed by atoms with Crippen LogP contribution in [0.1, 0.15) is 61.3 Å². The summed E-state index contributed by atoms with van der Waals surface area (Å²) >= 11 is 1.74. The number of thioether (sulfide) groups is 1. The summed E-state index contributed by atoms with van der Waals surface area (Å²) in [6.45, 7) is 15.4. The van der Waals surface area contributed by atoms with Gasteiger partial charge < -0.3 is 13.9 Å². The molecule has 39 heavy (non-hydrogen) atoms. The molecule has 208 valence electrons. The fourth-order valence-corrected chi connectivity index (χ4v) is 11.4. The molecule has 3 atom stereocenters. The first kappa shape index (κ1) is 29.8. The summed E-state index contributed by atoms with van der Waals surface area (Å²) in [4.78, 5) is 1.19. The van der Waals surface area contributed by atoms with E-state index in [2.05, 4.69) is 126 Å². The van der Waals surface area contributed by atoms with Gasteiger partial charge in [-0.25, -0.2) is 0 Å². The molecule has 0 aliphatic carbocycles. The third-order valence-corrected chi connectivity index (χ3v) is 13.4. The largest absolute Gasteiger partial charge is 0.401 e. The Morgan fingerprint density at radius 2 is 1.38 bits per heavy atom. The van der Waals surface area contributed by atoms with Gasteiger partial charge in [0.2, 0.25) is 0 Å². The van der Waals surface area contributed by atoms with Crippen molar-refractivity contribution in [2.24, 2.45) is 0 Å². The van der Waals surface area contributed by atoms with Crippen molar-refractivity contribution in [1.29, 1.82) is 0 Å². The van der Waals surface area contributed by atoms with Crippen LogP contribution in [-0.4, -0.2) is 31.7 Å². The van der Waals surface area contributed by atoms with E-state index in [1.165, 1.54) is 20.8 Å². The van der Waals surface area contributed by atoms with Crippen molar-refractivity contribution < 1.29 is 13.9 Å². The molecular formula is C34H44O3SSi. The maximum absolute atomic E-state index is 7.51. The summed E-state index contributed by atoms with van der Waals surface area (Å²) < 4.78 is 20.3. The molecule has 3 aromatic carbocycles. The SMILES string of the molecule is CC(C)=C[C@H](CC[C@H]1OC(C)(C)O[C@@H]1Sc1ccccc1)O[Si](c1ccccc1)(c1ccccc1)C(C)(C)C. The quantitative estimate of drug-likeness (QED) is 0.186. The first-order chi connectivity index (χ1) is 18.5. The summed E-state index contributed by atoms with van der Waals surface area (Å²) in [6.07, 6.45) is 3.93. The standard InChI is InChI=1S/C34H44O3SSi/c1-26(2)25-27(23-24-31-32(36-34(6,7)35-31)38-28-17-11-8-12-18-28)37-39(33(3,4)5,29-19-13-9-14-20-29)30-21-15-10-16-22-30/h8-22,25,27,31-32H,23-24H2,1-7H3/t27-,31+,32+/m0/s1. The van der Waals surface area contributed by atoms with Gasteiger partial charge in [0.1, 0.15) is 5.44 Å². The molecule has 3 nitrogen and oxygen atoms in total. The van der Waals surface area contributed by atoms with Crippen LogP contribution in [0.5, 0.6) is 0 Å². The van der Waals surface area contributed by atoms with Crippen LogP contribution in [0.3, 0.4) is 0 Å². The lowest BCUT2D eigenvalue weighted by molar-refractivity contribution is -0.141. The molecule has 1 aliphatic rings. The first-order valence-electron chi connectivity index (χ1n) is 14.0. The predicted octanol–water partition coefficient (Wildman–Crippen LogP) is 7.95. The van der Waals surface area contributed by atoms with Crippen LogP contribution in [-0.2, 0) is 13.9 Å². The molecule has 1 heterocycles. The Morgan fingerprint density at radius 1 is 0.872 bits per heavy atom. The summed E-state index contributed by atoms with van der Waals surface area (Å²) in [5.74, 6) is -0.609. The van der Waals surface area contributed by atoms with E-state index in [9.17, 15) is 0 Å². The topological polar surface area (TPSA) is 27.7 Å². The van der Waals surface area contributed by atoms with E-state index < -0.39 is 14.1 Å². The van der Waals surface area contributed by atoms with Crippen molar-refractivity contribution in [2.45, 2.75) is 94.7 Å². The zero-order chi connectivity index (χ0) is 28.1. The minimum atomic E-state index is -2.68. The van der Waals surface area contributed by atoms with E-state index in [0.717, 1.165) is 12.8 Å². The van der Waals surface area contributed by atoms with E-state index in [4.69, 9.17) is 13.9 Å². The highest BCUT2D eigenvalue weighted by molar-refractivity contribution is 7.99. The van der Waals surface area contributed by atoms with Gasteiger partial charge in [0, 0.05) is 4.90 Å². The summed E-state index contributed by atoms with van der Waals surface area (Å²) in [6, 6.07) is 32.2. The van der Waals surface area contributed by atoms with Gasteiger partial charge in [0.05, 0.1) is 12.2 Å². The molecule has 0 aromatic heterocycles. The molecule has 0 saturated carbocycles. The van der Waals surface area contributed by atoms with Crippen LogP contribution in [0.15, 0.2) is 108 Å². The van der Waals surface area contributed by atoms with E-state index in [1.54, 1.807) is 11.8 Å². The molecule has 0 bridgehead atoms. The van der Waals surface area contributed by atoms with Crippen molar-refractivity contribution in [3.05, 3.63) is 103 Å². The zero-order valence-corrected chi connectivity index (χ0v) is 26.3. The number of hydrogen-bond donors (Lipinski definition) is 0. The van der Waals surface area contributed by atoms with Crippen LogP contribution < -0.4 is 10.4 Å². The van der Waals surface area contributed by atoms with Crippen LogP contribution in [0.25, 0.3) is 0 Å². The third kappa shape index (κ3) is 7.33. The maximum atomic E-state index is 7.51. The Labute approximate surface area is 241 Å². The molecule has 1 aliphatic heterocycles. The lowest BCUT2D eigenvalue weighted by Gasteiger charge is -2.45. The van der Waals surface area contributed by atoms with Crippen LogP contribution >= 0.6 is 11.8 Å². The molecule has 5 heteroatoms. The van der Waals surface area contributed by atoms with Gasteiger partial charge in [-0.15, -0.1) is 0 Å². The van der Waals surface area contributed by atoms with Crippen molar-refractivity contribution in [1.82, 2.24) is 0 Å². The average Bonchev–Trinajstić information content (AvgIpc) is 3.19. The summed E-state index contributed by atoms with van der Waals surface area (Å²) in [5.41, 5.74) is 1.19. The van der Waals surface area contributed by atoms with Gasteiger partial charge in [-0.2, -0.15) is 0 Å². The number of rotatable bonds is 10. The molecule has 0 N–H and O–H groups in total. The normalized spacial score (nSPS) is 20.0. The Hall–Kier alpha value is -2.15. The van der Waals surface area contributed by atoms with Gasteiger partial charge in [0.25, 0.3) is 8.32 Å². The van der Waals surface area contributed by atoms with E-state index in [-0.39, 0.29) is 22.7 Å². The van der Waals surface area contributed by atoms with Crippen LogP contribution in [0.2, 0.25) is 5.04 Å².